The van der Waals surface area contributed by atoms with Crippen molar-refractivity contribution in [2.45, 2.75) is 17.9 Å². The second-order valence-electron chi connectivity index (χ2n) is 6.92. The lowest BCUT2D eigenvalue weighted by Gasteiger charge is -2.28. The fourth-order valence-electron chi connectivity index (χ4n) is 3.45. The van der Waals surface area contributed by atoms with Crippen molar-refractivity contribution in [3.8, 4) is 11.5 Å². The number of para-hydroxylation sites is 2. The quantitative estimate of drug-likeness (QED) is 0.463. The molecular weight excluding hydrogens is 402 g/mol. The van der Waals surface area contributed by atoms with Gasteiger partial charge < -0.3 is 9.47 Å². The molecule has 0 unspecified atom stereocenters. The number of sulfonamides is 1. The van der Waals surface area contributed by atoms with Crippen LogP contribution in [0.3, 0.4) is 0 Å². The minimum Gasteiger partial charge on any atom is -0.493 e. The van der Waals surface area contributed by atoms with Crippen molar-refractivity contribution in [2.24, 2.45) is 0 Å². The first-order valence-electron chi connectivity index (χ1n) is 9.51. The van der Waals surface area contributed by atoms with Crippen LogP contribution in [0.5, 0.6) is 11.5 Å². The summed E-state index contributed by atoms with van der Waals surface area (Å²) in [6.07, 6.45) is 0.679. The molecular formula is C23H21NO5S. The van der Waals surface area contributed by atoms with Gasteiger partial charge in [0.25, 0.3) is 0 Å². The maximum absolute atomic E-state index is 13.0. The van der Waals surface area contributed by atoms with Gasteiger partial charge in [0.05, 0.1) is 17.6 Å². The lowest BCUT2D eigenvalue weighted by Crippen LogP contribution is -2.35. The highest BCUT2D eigenvalue weighted by Gasteiger charge is 2.28. The minimum absolute atomic E-state index is 0.149. The van der Waals surface area contributed by atoms with Gasteiger partial charge in [0.1, 0.15) is 0 Å². The predicted octanol–water partition coefficient (Wildman–Crippen LogP) is 3.66. The van der Waals surface area contributed by atoms with Crippen molar-refractivity contribution < 1.29 is 22.7 Å². The van der Waals surface area contributed by atoms with Crippen LogP contribution >= 0.6 is 0 Å². The van der Waals surface area contributed by atoms with Crippen molar-refractivity contribution >= 4 is 16.0 Å². The van der Waals surface area contributed by atoms with Crippen LogP contribution in [0.15, 0.2) is 77.7 Å². The van der Waals surface area contributed by atoms with E-state index in [1.54, 1.807) is 24.3 Å². The van der Waals surface area contributed by atoms with E-state index in [0.29, 0.717) is 31.0 Å². The molecule has 1 aliphatic rings. The number of esters is 1. The van der Waals surface area contributed by atoms with E-state index in [1.165, 1.54) is 41.2 Å². The third kappa shape index (κ3) is 3.94. The molecule has 0 N–H and O–H groups in total. The summed E-state index contributed by atoms with van der Waals surface area (Å²) in [6, 6.07) is 20.5. The van der Waals surface area contributed by atoms with E-state index in [9.17, 15) is 13.2 Å². The third-order valence-electron chi connectivity index (χ3n) is 5.10. The van der Waals surface area contributed by atoms with Crippen LogP contribution in [0.1, 0.15) is 21.5 Å². The van der Waals surface area contributed by atoms with Crippen LogP contribution in [-0.2, 0) is 23.0 Å². The molecule has 4 rings (SSSR count). The Morgan fingerprint density at radius 3 is 2.20 bits per heavy atom. The van der Waals surface area contributed by atoms with Crippen LogP contribution in [0.2, 0.25) is 0 Å². The second-order valence-corrected chi connectivity index (χ2v) is 8.86. The Kier molecular flexibility index (Phi) is 5.57. The number of carbonyl (C=O) groups excluding carboxylic acids is 1. The third-order valence-corrected chi connectivity index (χ3v) is 6.95. The van der Waals surface area contributed by atoms with Gasteiger partial charge in [-0.3, -0.25) is 0 Å². The van der Waals surface area contributed by atoms with Gasteiger partial charge in [-0.15, -0.1) is 0 Å². The fourth-order valence-corrected chi connectivity index (χ4v) is 4.87. The molecule has 154 valence electrons. The van der Waals surface area contributed by atoms with E-state index >= 15 is 0 Å². The number of fused-ring (bicyclic) bond motifs is 1. The van der Waals surface area contributed by atoms with E-state index in [2.05, 4.69) is 0 Å². The molecule has 0 saturated heterocycles. The molecule has 0 amide bonds. The van der Waals surface area contributed by atoms with Crippen LogP contribution in [-0.4, -0.2) is 32.3 Å². The molecule has 0 aromatic heterocycles. The molecule has 0 saturated carbocycles. The maximum Gasteiger partial charge on any atom is 0.343 e. The van der Waals surface area contributed by atoms with E-state index in [-0.39, 0.29) is 10.5 Å². The number of benzene rings is 3. The highest BCUT2D eigenvalue weighted by Crippen LogP contribution is 2.28. The molecule has 3 aromatic carbocycles. The molecule has 0 aliphatic carbocycles. The Balaban J connectivity index is 1.51. The molecule has 1 aliphatic heterocycles. The molecule has 0 spiro atoms. The van der Waals surface area contributed by atoms with Crippen molar-refractivity contribution in [3.05, 3.63) is 89.5 Å². The first kappa shape index (κ1) is 20.1. The van der Waals surface area contributed by atoms with Crippen molar-refractivity contribution in [1.82, 2.24) is 4.31 Å². The molecule has 0 radical (unpaired) electrons. The van der Waals surface area contributed by atoms with Crippen LogP contribution in [0, 0.1) is 0 Å². The van der Waals surface area contributed by atoms with Crippen LogP contribution in [0.4, 0.5) is 0 Å². The van der Waals surface area contributed by atoms with Crippen molar-refractivity contribution in [1.29, 1.82) is 0 Å². The van der Waals surface area contributed by atoms with E-state index < -0.39 is 16.0 Å². The number of hydrogen-bond acceptors (Lipinski definition) is 5. The van der Waals surface area contributed by atoms with Gasteiger partial charge in [0.2, 0.25) is 10.0 Å². The zero-order valence-electron chi connectivity index (χ0n) is 16.4. The summed E-state index contributed by atoms with van der Waals surface area (Å²) in [7, 11) is -2.16. The summed E-state index contributed by atoms with van der Waals surface area (Å²) in [5.74, 6) is 0.152. The normalized spacial score (nSPS) is 14.0. The largest absolute Gasteiger partial charge is 0.493 e. The topological polar surface area (TPSA) is 72.9 Å². The highest BCUT2D eigenvalue weighted by atomic mass is 32.2. The number of methoxy groups -OCH3 is 1. The Hall–Kier alpha value is -3.16. The Labute approximate surface area is 175 Å². The second kappa shape index (κ2) is 8.30. The van der Waals surface area contributed by atoms with Gasteiger partial charge in [-0.05, 0) is 53.9 Å². The highest BCUT2D eigenvalue weighted by molar-refractivity contribution is 7.89. The monoisotopic (exact) mass is 423 g/mol. The summed E-state index contributed by atoms with van der Waals surface area (Å²) < 4.78 is 38.1. The standard InChI is InChI=1S/C23H21NO5S/c1-28-21-8-4-5-9-22(21)29-23(25)18-10-12-20(13-11-18)30(26,27)24-15-14-17-6-2-3-7-19(17)16-24/h2-13H,14-16H2,1H3. The van der Waals surface area contributed by atoms with E-state index in [4.69, 9.17) is 9.47 Å². The molecule has 6 nitrogen and oxygen atoms in total. The SMILES string of the molecule is COc1ccccc1OC(=O)c1ccc(S(=O)(=O)N2CCc3ccccc3C2)cc1. The van der Waals surface area contributed by atoms with E-state index in [0.717, 1.165) is 5.56 Å². The maximum atomic E-state index is 13.0. The molecule has 1 heterocycles. The molecule has 0 atom stereocenters. The summed E-state index contributed by atoms with van der Waals surface area (Å²) in [5, 5.41) is 0. The molecule has 30 heavy (non-hydrogen) atoms. The number of nitrogens with zero attached hydrogens (tertiary/aromatic N) is 1. The van der Waals surface area contributed by atoms with Gasteiger partial charge in [0.15, 0.2) is 11.5 Å². The van der Waals surface area contributed by atoms with Gasteiger partial charge in [-0.2, -0.15) is 4.31 Å². The molecule has 0 fully saturated rings. The molecule has 3 aromatic rings. The lowest BCUT2D eigenvalue weighted by molar-refractivity contribution is 0.0729. The first-order chi connectivity index (χ1) is 14.5. The number of carbonyl (C=O) groups is 1. The Morgan fingerprint density at radius 1 is 0.867 bits per heavy atom. The predicted molar refractivity (Wildman–Crippen MR) is 112 cm³/mol. The smallest absolute Gasteiger partial charge is 0.343 e. The first-order valence-corrected chi connectivity index (χ1v) is 11.0. The average molecular weight is 423 g/mol. The van der Waals surface area contributed by atoms with Crippen LogP contribution < -0.4 is 9.47 Å². The fraction of sp³-hybridized carbons (Fsp3) is 0.174. The lowest BCUT2D eigenvalue weighted by atomic mass is 10.0. The zero-order valence-corrected chi connectivity index (χ0v) is 17.3. The summed E-state index contributed by atoms with van der Waals surface area (Å²) in [5.41, 5.74) is 2.45. The summed E-state index contributed by atoms with van der Waals surface area (Å²) >= 11 is 0. The van der Waals surface area contributed by atoms with Crippen LogP contribution in [0.25, 0.3) is 0 Å². The summed E-state index contributed by atoms with van der Waals surface area (Å²) in [4.78, 5) is 12.6. The number of hydrogen-bond donors (Lipinski definition) is 0. The Bertz CT molecular complexity index is 1170. The molecule has 7 heteroatoms. The van der Waals surface area contributed by atoms with Crippen molar-refractivity contribution in [3.63, 3.8) is 0 Å². The number of rotatable bonds is 5. The minimum atomic E-state index is -3.66. The van der Waals surface area contributed by atoms with Crippen molar-refractivity contribution in [2.75, 3.05) is 13.7 Å². The zero-order chi connectivity index (χ0) is 21.1. The number of ether oxygens (including phenoxy) is 2. The van der Waals surface area contributed by atoms with Gasteiger partial charge in [0, 0.05) is 13.1 Å². The average Bonchev–Trinajstić information content (AvgIpc) is 2.79. The Morgan fingerprint density at radius 2 is 1.50 bits per heavy atom. The molecule has 0 bridgehead atoms. The van der Waals surface area contributed by atoms with E-state index in [1.807, 2.05) is 24.3 Å². The summed E-state index contributed by atoms with van der Waals surface area (Å²) in [6.45, 7) is 0.771. The van der Waals surface area contributed by atoms with Gasteiger partial charge in [-0.25, -0.2) is 13.2 Å². The van der Waals surface area contributed by atoms with Gasteiger partial charge in [-0.1, -0.05) is 36.4 Å². The van der Waals surface area contributed by atoms with Gasteiger partial charge >= 0.3 is 5.97 Å².